The van der Waals surface area contributed by atoms with Crippen LogP contribution in [0.5, 0.6) is 5.75 Å². The molecule has 1 amide bonds. The van der Waals surface area contributed by atoms with E-state index in [4.69, 9.17) is 9.72 Å². The lowest BCUT2D eigenvalue weighted by atomic mass is 9.89. The maximum absolute atomic E-state index is 13.0. The van der Waals surface area contributed by atoms with E-state index >= 15 is 0 Å². The van der Waals surface area contributed by atoms with Crippen LogP contribution in [0.15, 0.2) is 42.5 Å². The molecule has 1 aromatic heterocycles. The summed E-state index contributed by atoms with van der Waals surface area (Å²) in [6.07, 6.45) is 0.611. The van der Waals surface area contributed by atoms with Gasteiger partial charge in [-0.2, -0.15) is 0 Å². The van der Waals surface area contributed by atoms with Crippen LogP contribution in [0.3, 0.4) is 0 Å². The number of rotatable bonds is 5. The summed E-state index contributed by atoms with van der Waals surface area (Å²) in [7, 11) is 1.70. The molecule has 2 fully saturated rings. The molecule has 0 aliphatic carbocycles. The first-order chi connectivity index (χ1) is 14.0. The zero-order chi connectivity index (χ0) is 20.5. The van der Waals surface area contributed by atoms with E-state index in [1.807, 2.05) is 25.1 Å². The Balaban J connectivity index is 1.63. The van der Waals surface area contributed by atoms with E-state index in [1.165, 1.54) is 5.56 Å². The van der Waals surface area contributed by atoms with Crippen molar-refractivity contribution in [2.24, 2.45) is 17.8 Å². The molecule has 2 aliphatic heterocycles. The van der Waals surface area contributed by atoms with Crippen LogP contribution in [0, 0.1) is 24.7 Å². The molecular weight excluding hydrogens is 362 g/mol. The fraction of sp³-hybridized carbons (Fsp3) is 0.500. The molecule has 0 bridgehead atoms. The Bertz CT molecular complexity index is 868. The Hall–Kier alpha value is -2.56. The number of ether oxygens (including phenoxy) is 1. The van der Waals surface area contributed by atoms with Crippen LogP contribution in [0.25, 0.3) is 0 Å². The van der Waals surface area contributed by atoms with Gasteiger partial charge >= 0.3 is 0 Å². The number of benzene rings is 1. The van der Waals surface area contributed by atoms with Crippen molar-refractivity contribution in [3.8, 4) is 5.75 Å². The van der Waals surface area contributed by atoms with Crippen molar-refractivity contribution in [1.29, 1.82) is 0 Å². The van der Waals surface area contributed by atoms with Crippen molar-refractivity contribution in [3.05, 3.63) is 53.7 Å². The summed E-state index contributed by atoms with van der Waals surface area (Å²) >= 11 is 0. The van der Waals surface area contributed by atoms with E-state index in [1.54, 1.807) is 7.11 Å². The SMILES string of the molecule is COc1ccc(C)nc1N1C[C@H]2CN(C(=O)CC(C)C)[C@H](c3ccccc3)[C@H]2C1. The number of fused-ring (bicyclic) bond motifs is 1. The number of hydrogen-bond acceptors (Lipinski definition) is 4. The molecule has 4 rings (SSSR count). The summed E-state index contributed by atoms with van der Waals surface area (Å²) in [5.41, 5.74) is 2.23. The highest BCUT2D eigenvalue weighted by molar-refractivity contribution is 5.77. The van der Waals surface area contributed by atoms with Gasteiger partial charge in [-0.05, 0) is 30.5 Å². The second kappa shape index (κ2) is 8.05. The highest BCUT2D eigenvalue weighted by atomic mass is 16.5. The lowest BCUT2D eigenvalue weighted by Crippen LogP contribution is -2.36. The Morgan fingerprint density at radius 1 is 1.14 bits per heavy atom. The number of nitrogens with zero attached hydrogens (tertiary/aromatic N) is 3. The van der Waals surface area contributed by atoms with Crippen LogP contribution in [-0.2, 0) is 4.79 Å². The molecule has 2 saturated heterocycles. The first kappa shape index (κ1) is 19.7. The van der Waals surface area contributed by atoms with Gasteiger partial charge in [-0.25, -0.2) is 4.98 Å². The fourth-order valence-corrected chi connectivity index (χ4v) is 4.93. The molecule has 0 unspecified atom stereocenters. The van der Waals surface area contributed by atoms with Gasteiger partial charge in [0.2, 0.25) is 5.91 Å². The number of hydrogen-bond donors (Lipinski definition) is 0. The van der Waals surface area contributed by atoms with Crippen LogP contribution in [0.1, 0.15) is 37.6 Å². The van der Waals surface area contributed by atoms with Crippen LogP contribution in [0.4, 0.5) is 5.82 Å². The molecular formula is C24H31N3O2. The molecule has 3 heterocycles. The first-order valence-corrected chi connectivity index (χ1v) is 10.6. The normalized spacial score (nSPS) is 23.6. The van der Waals surface area contributed by atoms with Crippen molar-refractivity contribution < 1.29 is 9.53 Å². The third-order valence-corrected chi connectivity index (χ3v) is 6.21. The predicted octanol–water partition coefficient (Wildman–Crippen LogP) is 4.08. The van der Waals surface area contributed by atoms with E-state index in [0.717, 1.165) is 36.9 Å². The van der Waals surface area contributed by atoms with Gasteiger partial charge in [0.05, 0.1) is 13.2 Å². The average molecular weight is 394 g/mol. The number of anilines is 1. The van der Waals surface area contributed by atoms with Crippen molar-refractivity contribution in [2.75, 3.05) is 31.6 Å². The first-order valence-electron chi connectivity index (χ1n) is 10.6. The molecule has 5 nitrogen and oxygen atoms in total. The highest BCUT2D eigenvalue weighted by Crippen LogP contribution is 2.47. The van der Waals surface area contributed by atoms with Gasteiger partial charge < -0.3 is 14.5 Å². The summed E-state index contributed by atoms with van der Waals surface area (Å²) in [6.45, 7) is 8.86. The van der Waals surface area contributed by atoms with E-state index in [0.29, 0.717) is 24.2 Å². The maximum Gasteiger partial charge on any atom is 0.223 e. The number of likely N-dealkylation sites (tertiary alicyclic amines) is 1. The minimum absolute atomic E-state index is 0.133. The van der Waals surface area contributed by atoms with Crippen molar-refractivity contribution in [3.63, 3.8) is 0 Å². The zero-order valence-corrected chi connectivity index (χ0v) is 17.8. The monoisotopic (exact) mass is 393 g/mol. The van der Waals surface area contributed by atoms with E-state index in [-0.39, 0.29) is 11.9 Å². The van der Waals surface area contributed by atoms with E-state index < -0.39 is 0 Å². The summed E-state index contributed by atoms with van der Waals surface area (Å²) in [5.74, 6) is 3.25. The van der Waals surface area contributed by atoms with E-state index in [2.05, 4.69) is 47.9 Å². The van der Waals surface area contributed by atoms with Crippen molar-refractivity contribution >= 4 is 11.7 Å². The van der Waals surface area contributed by atoms with Crippen molar-refractivity contribution in [2.45, 2.75) is 33.2 Å². The number of carbonyl (C=O) groups is 1. The zero-order valence-electron chi connectivity index (χ0n) is 17.8. The van der Waals surface area contributed by atoms with Gasteiger partial charge in [-0.15, -0.1) is 0 Å². The maximum atomic E-state index is 13.0. The molecule has 154 valence electrons. The fourth-order valence-electron chi connectivity index (χ4n) is 4.93. The Morgan fingerprint density at radius 3 is 2.59 bits per heavy atom. The average Bonchev–Trinajstić information content (AvgIpc) is 3.26. The topological polar surface area (TPSA) is 45.7 Å². The number of pyridine rings is 1. The largest absolute Gasteiger partial charge is 0.493 e. The number of carbonyl (C=O) groups excluding carboxylic acids is 1. The second-order valence-electron chi connectivity index (χ2n) is 8.81. The molecule has 29 heavy (non-hydrogen) atoms. The van der Waals surface area contributed by atoms with Crippen molar-refractivity contribution in [1.82, 2.24) is 9.88 Å². The van der Waals surface area contributed by atoms with Gasteiger partial charge in [0.25, 0.3) is 0 Å². The quantitative estimate of drug-likeness (QED) is 0.768. The summed E-state index contributed by atoms with van der Waals surface area (Å²) < 4.78 is 5.58. The lowest BCUT2D eigenvalue weighted by Gasteiger charge is -2.31. The summed E-state index contributed by atoms with van der Waals surface area (Å²) in [6, 6.07) is 14.6. The molecule has 2 aromatic rings. The Morgan fingerprint density at radius 2 is 1.90 bits per heavy atom. The minimum Gasteiger partial charge on any atom is -0.493 e. The number of aromatic nitrogens is 1. The van der Waals surface area contributed by atoms with E-state index in [9.17, 15) is 4.79 Å². The standard InChI is InChI=1S/C24H31N3O2/c1-16(2)12-22(28)27-14-19-13-26(24-21(29-4)11-10-17(3)25-24)15-20(19)23(27)18-8-6-5-7-9-18/h5-11,16,19-20,23H,12-15H2,1-4H3/t19-,20-,23+/m0/s1. The smallest absolute Gasteiger partial charge is 0.223 e. The molecule has 0 saturated carbocycles. The van der Waals surface area contributed by atoms with Crippen LogP contribution in [0.2, 0.25) is 0 Å². The predicted molar refractivity (Wildman–Crippen MR) is 115 cm³/mol. The van der Waals surface area contributed by atoms with Gasteiger partial charge in [-0.1, -0.05) is 44.2 Å². The summed E-state index contributed by atoms with van der Waals surface area (Å²) in [5, 5.41) is 0. The molecule has 5 heteroatoms. The van der Waals surface area contributed by atoms with Gasteiger partial charge in [0.1, 0.15) is 0 Å². The molecule has 2 aliphatic rings. The molecule has 1 aromatic carbocycles. The van der Waals surface area contributed by atoms with Gasteiger partial charge in [0, 0.05) is 43.6 Å². The number of amides is 1. The number of aryl methyl sites for hydroxylation is 1. The second-order valence-corrected chi connectivity index (χ2v) is 8.81. The Labute approximate surface area is 173 Å². The highest BCUT2D eigenvalue weighted by Gasteiger charge is 2.49. The van der Waals surface area contributed by atoms with Crippen LogP contribution < -0.4 is 9.64 Å². The molecule has 0 N–H and O–H groups in total. The third kappa shape index (κ3) is 3.83. The Kier molecular flexibility index (Phi) is 5.48. The van der Waals surface area contributed by atoms with Crippen LogP contribution >= 0.6 is 0 Å². The van der Waals surface area contributed by atoms with Gasteiger partial charge in [0.15, 0.2) is 11.6 Å². The molecule has 3 atom stereocenters. The number of methoxy groups -OCH3 is 1. The molecule has 0 spiro atoms. The van der Waals surface area contributed by atoms with Gasteiger partial charge in [-0.3, -0.25) is 4.79 Å². The van der Waals surface area contributed by atoms with Crippen LogP contribution in [-0.4, -0.2) is 42.5 Å². The third-order valence-electron chi connectivity index (χ3n) is 6.21. The molecule has 0 radical (unpaired) electrons. The minimum atomic E-state index is 0.133. The lowest BCUT2D eigenvalue weighted by molar-refractivity contribution is -0.133. The summed E-state index contributed by atoms with van der Waals surface area (Å²) in [4.78, 5) is 22.3.